The molecule has 0 aliphatic heterocycles. The Bertz CT molecular complexity index is 961. The van der Waals surface area contributed by atoms with E-state index >= 15 is 0 Å². The monoisotopic (exact) mass is 362 g/mol. The fraction of sp³-hybridized carbons (Fsp3) is 0.190. The van der Waals surface area contributed by atoms with E-state index in [-0.39, 0.29) is 23.4 Å². The van der Waals surface area contributed by atoms with E-state index in [1.54, 1.807) is 10.7 Å². The van der Waals surface area contributed by atoms with Crippen LogP contribution >= 0.6 is 0 Å². The molecule has 2 amide bonds. The zero-order chi connectivity index (χ0) is 19.4. The molecule has 2 N–H and O–H groups in total. The first-order chi connectivity index (χ1) is 12.9. The summed E-state index contributed by atoms with van der Waals surface area (Å²) in [6, 6.07) is 18.5. The summed E-state index contributed by atoms with van der Waals surface area (Å²) in [5.74, 6) is -0.212. The molecule has 0 saturated heterocycles. The summed E-state index contributed by atoms with van der Waals surface area (Å²) in [7, 11) is 0. The van der Waals surface area contributed by atoms with Gasteiger partial charge in [0, 0.05) is 17.7 Å². The Morgan fingerprint density at radius 2 is 1.70 bits per heavy atom. The summed E-state index contributed by atoms with van der Waals surface area (Å²) in [5.41, 5.74) is 2.72. The Hall–Kier alpha value is -3.41. The fourth-order valence-electron chi connectivity index (χ4n) is 2.54. The van der Waals surface area contributed by atoms with Gasteiger partial charge in [-0.1, -0.05) is 44.2 Å². The highest BCUT2D eigenvalue weighted by Gasteiger charge is 2.18. The van der Waals surface area contributed by atoms with E-state index in [0.717, 1.165) is 11.3 Å². The second-order valence-electron chi connectivity index (χ2n) is 6.63. The molecular formula is C21H22N4O2. The molecule has 2 aromatic carbocycles. The van der Waals surface area contributed by atoms with Gasteiger partial charge in [-0.15, -0.1) is 0 Å². The molecule has 0 radical (unpaired) electrons. The molecule has 138 valence electrons. The van der Waals surface area contributed by atoms with Gasteiger partial charge in [0.05, 0.1) is 5.69 Å². The number of benzene rings is 2. The lowest BCUT2D eigenvalue weighted by atomic mass is 10.2. The van der Waals surface area contributed by atoms with E-state index in [0.29, 0.717) is 11.5 Å². The SMILES string of the molecule is Cc1cccc(NC(=O)c2cc(NC(=O)C(C)C)n(-c3ccccc3)n2)c1. The highest BCUT2D eigenvalue weighted by atomic mass is 16.2. The Morgan fingerprint density at radius 3 is 2.37 bits per heavy atom. The van der Waals surface area contributed by atoms with Crippen molar-refractivity contribution in [2.75, 3.05) is 10.6 Å². The quantitative estimate of drug-likeness (QED) is 0.719. The van der Waals surface area contributed by atoms with Crippen LogP contribution in [-0.2, 0) is 4.79 Å². The minimum atomic E-state index is -0.338. The first kappa shape index (κ1) is 18.4. The number of anilines is 2. The van der Waals surface area contributed by atoms with Crippen molar-refractivity contribution < 1.29 is 9.59 Å². The summed E-state index contributed by atoms with van der Waals surface area (Å²) in [5, 5.41) is 10.1. The second-order valence-corrected chi connectivity index (χ2v) is 6.63. The molecule has 0 saturated carbocycles. The highest BCUT2D eigenvalue weighted by Crippen LogP contribution is 2.19. The lowest BCUT2D eigenvalue weighted by Crippen LogP contribution is -2.19. The second kappa shape index (κ2) is 7.86. The van der Waals surface area contributed by atoms with Crippen LogP contribution in [-0.4, -0.2) is 21.6 Å². The zero-order valence-electron chi connectivity index (χ0n) is 15.6. The van der Waals surface area contributed by atoms with Gasteiger partial charge in [-0.05, 0) is 36.8 Å². The third-order valence-electron chi connectivity index (χ3n) is 3.99. The van der Waals surface area contributed by atoms with E-state index in [1.807, 2.05) is 75.4 Å². The molecule has 0 bridgehead atoms. The lowest BCUT2D eigenvalue weighted by Gasteiger charge is -2.10. The summed E-state index contributed by atoms with van der Waals surface area (Å²) in [6.07, 6.45) is 0. The summed E-state index contributed by atoms with van der Waals surface area (Å²) < 4.78 is 1.56. The maximum Gasteiger partial charge on any atom is 0.276 e. The van der Waals surface area contributed by atoms with Crippen LogP contribution in [0.2, 0.25) is 0 Å². The number of hydrogen-bond acceptors (Lipinski definition) is 3. The Morgan fingerprint density at radius 1 is 0.963 bits per heavy atom. The third-order valence-corrected chi connectivity index (χ3v) is 3.99. The van der Waals surface area contributed by atoms with Gasteiger partial charge in [0.25, 0.3) is 5.91 Å². The summed E-state index contributed by atoms with van der Waals surface area (Å²) >= 11 is 0. The molecule has 0 fully saturated rings. The highest BCUT2D eigenvalue weighted by molar-refractivity contribution is 6.04. The van der Waals surface area contributed by atoms with Crippen LogP contribution in [0, 0.1) is 12.8 Å². The van der Waals surface area contributed by atoms with E-state index < -0.39 is 0 Å². The van der Waals surface area contributed by atoms with E-state index in [1.165, 1.54) is 0 Å². The predicted octanol–water partition coefficient (Wildman–Crippen LogP) is 4.03. The molecule has 1 heterocycles. The standard InChI is InChI=1S/C21H22N4O2/c1-14(2)20(26)23-19-13-18(24-25(19)17-10-5-4-6-11-17)21(27)22-16-9-7-8-15(3)12-16/h4-14H,1-3H3,(H,22,27)(H,23,26). The van der Waals surface area contributed by atoms with Crippen LogP contribution in [0.15, 0.2) is 60.7 Å². The van der Waals surface area contributed by atoms with Crippen molar-refractivity contribution in [2.45, 2.75) is 20.8 Å². The number of hydrogen-bond donors (Lipinski definition) is 2. The van der Waals surface area contributed by atoms with Crippen molar-refractivity contribution >= 4 is 23.3 Å². The predicted molar refractivity (Wildman–Crippen MR) is 106 cm³/mol. The van der Waals surface area contributed by atoms with Crippen LogP contribution < -0.4 is 10.6 Å². The van der Waals surface area contributed by atoms with E-state index in [2.05, 4.69) is 15.7 Å². The number of rotatable bonds is 5. The van der Waals surface area contributed by atoms with Crippen molar-refractivity contribution in [1.29, 1.82) is 0 Å². The number of nitrogens with one attached hydrogen (secondary N) is 2. The number of amides is 2. The Kier molecular flexibility index (Phi) is 5.35. The zero-order valence-corrected chi connectivity index (χ0v) is 15.6. The van der Waals surface area contributed by atoms with Crippen LogP contribution in [0.5, 0.6) is 0 Å². The molecule has 6 nitrogen and oxygen atoms in total. The molecule has 0 unspecified atom stereocenters. The van der Waals surface area contributed by atoms with Crippen LogP contribution in [0.3, 0.4) is 0 Å². The number of para-hydroxylation sites is 1. The molecule has 27 heavy (non-hydrogen) atoms. The van der Waals surface area contributed by atoms with Gasteiger partial charge < -0.3 is 10.6 Å². The van der Waals surface area contributed by atoms with Crippen molar-refractivity contribution in [3.05, 3.63) is 71.9 Å². The van der Waals surface area contributed by atoms with Gasteiger partial charge in [0.15, 0.2) is 5.69 Å². The smallest absolute Gasteiger partial charge is 0.276 e. The lowest BCUT2D eigenvalue weighted by molar-refractivity contribution is -0.118. The van der Waals surface area contributed by atoms with Crippen molar-refractivity contribution in [2.24, 2.45) is 5.92 Å². The molecule has 0 spiro atoms. The van der Waals surface area contributed by atoms with Gasteiger partial charge in [-0.25, -0.2) is 4.68 Å². The minimum absolute atomic E-state index is 0.141. The molecular weight excluding hydrogens is 340 g/mol. The van der Waals surface area contributed by atoms with Gasteiger partial charge in [-0.2, -0.15) is 5.10 Å². The van der Waals surface area contributed by atoms with Crippen molar-refractivity contribution in [3.8, 4) is 5.69 Å². The Balaban J connectivity index is 1.92. The van der Waals surface area contributed by atoms with Gasteiger partial charge in [-0.3, -0.25) is 9.59 Å². The van der Waals surface area contributed by atoms with Crippen LogP contribution in [0.4, 0.5) is 11.5 Å². The molecule has 3 rings (SSSR count). The van der Waals surface area contributed by atoms with Gasteiger partial charge >= 0.3 is 0 Å². The van der Waals surface area contributed by atoms with Gasteiger partial charge in [0.1, 0.15) is 5.82 Å². The normalized spacial score (nSPS) is 10.7. The number of aromatic nitrogens is 2. The van der Waals surface area contributed by atoms with Gasteiger partial charge in [0.2, 0.25) is 5.91 Å². The summed E-state index contributed by atoms with van der Waals surface area (Å²) in [6.45, 7) is 5.58. The first-order valence-electron chi connectivity index (χ1n) is 8.78. The maximum absolute atomic E-state index is 12.6. The number of carbonyl (C=O) groups excluding carboxylic acids is 2. The van der Waals surface area contributed by atoms with Crippen molar-refractivity contribution in [1.82, 2.24) is 9.78 Å². The topological polar surface area (TPSA) is 76.0 Å². The Labute approximate surface area is 158 Å². The third kappa shape index (κ3) is 4.41. The number of nitrogens with zero attached hydrogens (tertiary/aromatic N) is 2. The van der Waals surface area contributed by atoms with Crippen LogP contribution in [0.25, 0.3) is 5.69 Å². The number of aryl methyl sites for hydroxylation is 1. The fourth-order valence-corrected chi connectivity index (χ4v) is 2.54. The van der Waals surface area contributed by atoms with Crippen molar-refractivity contribution in [3.63, 3.8) is 0 Å². The molecule has 6 heteroatoms. The minimum Gasteiger partial charge on any atom is -0.321 e. The average molecular weight is 362 g/mol. The maximum atomic E-state index is 12.6. The molecule has 1 aromatic heterocycles. The largest absolute Gasteiger partial charge is 0.321 e. The average Bonchev–Trinajstić information content (AvgIpc) is 3.06. The molecule has 0 atom stereocenters. The van der Waals surface area contributed by atoms with Crippen LogP contribution in [0.1, 0.15) is 29.9 Å². The molecule has 0 aliphatic rings. The van der Waals surface area contributed by atoms with E-state index in [4.69, 9.17) is 0 Å². The van der Waals surface area contributed by atoms with E-state index in [9.17, 15) is 9.59 Å². The number of carbonyl (C=O) groups is 2. The molecule has 3 aromatic rings. The first-order valence-corrected chi connectivity index (χ1v) is 8.78. The molecule has 0 aliphatic carbocycles. The summed E-state index contributed by atoms with van der Waals surface area (Å²) in [4.78, 5) is 24.8.